The normalized spacial score (nSPS) is 19.9. The Kier molecular flexibility index (Phi) is 7.46. The molecule has 1 aliphatic rings. The SMILES string of the molecule is Cl.N[C@@H]1CN(CCC(=O)Nc2cccc(C(F)(F)F)c2)C[C@H]1c1ccccc1. The van der Waals surface area contributed by atoms with Crippen LogP contribution in [0.25, 0.3) is 0 Å². The molecule has 1 amide bonds. The molecule has 0 spiro atoms. The summed E-state index contributed by atoms with van der Waals surface area (Å²) in [5, 5.41) is 2.54. The number of nitrogens with one attached hydrogen (secondary N) is 1. The van der Waals surface area contributed by atoms with Crippen molar-refractivity contribution in [2.24, 2.45) is 5.73 Å². The van der Waals surface area contributed by atoms with Gasteiger partial charge in [0, 0.05) is 43.7 Å². The van der Waals surface area contributed by atoms with Crippen LogP contribution in [0.2, 0.25) is 0 Å². The Hall–Kier alpha value is -2.09. The Balaban J connectivity index is 0.00000280. The lowest BCUT2D eigenvalue weighted by atomic mass is 9.95. The van der Waals surface area contributed by atoms with Gasteiger partial charge in [-0.25, -0.2) is 0 Å². The lowest BCUT2D eigenvalue weighted by molar-refractivity contribution is -0.137. The monoisotopic (exact) mass is 413 g/mol. The second kappa shape index (κ2) is 9.41. The molecule has 1 heterocycles. The molecule has 8 heteroatoms. The van der Waals surface area contributed by atoms with E-state index in [9.17, 15) is 18.0 Å². The first-order chi connectivity index (χ1) is 12.8. The minimum atomic E-state index is -4.43. The zero-order valence-electron chi connectivity index (χ0n) is 15.2. The molecule has 1 saturated heterocycles. The Morgan fingerprint density at radius 2 is 1.82 bits per heavy atom. The number of hydrogen-bond acceptors (Lipinski definition) is 3. The van der Waals surface area contributed by atoms with E-state index in [1.165, 1.54) is 17.7 Å². The van der Waals surface area contributed by atoms with Gasteiger partial charge in [-0.1, -0.05) is 36.4 Å². The first-order valence-electron chi connectivity index (χ1n) is 8.83. The fourth-order valence-corrected chi connectivity index (χ4v) is 3.41. The summed E-state index contributed by atoms with van der Waals surface area (Å²) >= 11 is 0. The van der Waals surface area contributed by atoms with Gasteiger partial charge in [-0.3, -0.25) is 4.79 Å². The third-order valence-corrected chi connectivity index (χ3v) is 4.80. The predicted octanol–water partition coefficient (Wildman–Crippen LogP) is 3.88. The van der Waals surface area contributed by atoms with Gasteiger partial charge in [-0.2, -0.15) is 13.2 Å². The number of benzene rings is 2. The molecule has 28 heavy (non-hydrogen) atoms. The second-order valence-electron chi connectivity index (χ2n) is 6.82. The molecular formula is C20H23ClF3N3O. The molecule has 3 rings (SSSR count). The Morgan fingerprint density at radius 3 is 2.50 bits per heavy atom. The summed E-state index contributed by atoms with van der Waals surface area (Å²) in [5.41, 5.74) is 6.79. The van der Waals surface area contributed by atoms with Crippen LogP contribution in [0.3, 0.4) is 0 Å². The van der Waals surface area contributed by atoms with Gasteiger partial charge in [-0.15, -0.1) is 12.4 Å². The van der Waals surface area contributed by atoms with Crippen LogP contribution in [-0.2, 0) is 11.0 Å². The van der Waals surface area contributed by atoms with Crippen molar-refractivity contribution in [3.63, 3.8) is 0 Å². The van der Waals surface area contributed by atoms with Crippen molar-refractivity contribution < 1.29 is 18.0 Å². The lowest BCUT2D eigenvalue weighted by Gasteiger charge is -2.16. The summed E-state index contributed by atoms with van der Waals surface area (Å²) < 4.78 is 38.2. The highest BCUT2D eigenvalue weighted by Gasteiger charge is 2.32. The van der Waals surface area contributed by atoms with Crippen molar-refractivity contribution in [3.8, 4) is 0 Å². The topological polar surface area (TPSA) is 58.4 Å². The van der Waals surface area contributed by atoms with E-state index >= 15 is 0 Å². The van der Waals surface area contributed by atoms with Gasteiger partial charge in [0.15, 0.2) is 0 Å². The fourth-order valence-electron chi connectivity index (χ4n) is 3.41. The average molecular weight is 414 g/mol. The van der Waals surface area contributed by atoms with Crippen molar-refractivity contribution >= 4 is 24.0 Å². The Bertz CT molecular complexity index is 786. The maximum atomic E-state index is 12.7. The predicted molar refractivity (Wildman–Crippen MR) is 106 cm³/mol. The van der Waals surface area contributed by atoms with Crippen LogP contribution in [0.4, 0.5) is 18.9 Å². The number of likely N-dealkylation sites (tertiary alicyclic amines) is 1. The third kappa shape index (κ3) is 5.70. The highest BCUT2D eigenvalue weighted by Crippen LogP contribution is 2.30. The Morgan fingerprint density at radius 1 is 1.11 bits per heavy atom. The Labute approximate surface area is 168 Å². The summed E-state index contributed by atoms with van der Waals surface area (Å²) in [6.45, 7) is 1.97. The van der Waals surface area contributed by atoms with E-state index in [1.54, 1.807) is 0 Å². The van der Waals surface area contributed by atoms with Gasteiger partial charge < -0.3 is 16.0 Å². The molecule has 2 atom stereocenters. The van der Waals surface area contributed by atoms with Crippen molar-refractivity contribution in [3.05, 3.63) is 65.7 Å². The molecule has 4 nitrogen and oxygen atoms in total. The van der Waals surface area contributed by atoms with Gasteiger partial charge in [0.05, 0.1) is 5.56 Å². The van der Waals surface area contributed by atoms with Crippen LogP contribution in [0.15, 0.2) is 54.6 Å². The summed E-state index contributed by atoms with van der Waals surface area (Å²) in [6.07, 6.45) is -4.23. The molecule has 1 aliphatic heterocycles. The van der Waals surface area contributed by atoms with Crippen molar-refractivity contribution in [1.29, 1.82) is 0 Å². The quantitative estimate of drug-likeness (QED) is 0.782. The number of rotatable bonds is 5. The first-order valence-corrected chi connectivity index (χ1v) is 8.83. The van der Waals surface area contributed by atoms with Gasteiger partial charge >= 0.3 is 6.18 Å². The fraction of sp³-hybridized carbons (Fsp3) is 0.350. The number of nitrogens with zero attached hydrogens (tertiary/aromatic N) is 1. The smallest absolute Gasteiger partial charge is 0.326 e. The van der Waals surface area contributed by atoms with E-state index in [4.69, 9.17) is 5.73 Å². The molecule has 2 aromatic carbocycles. The number of hydrogen-bond donors (Lipinski definition) is 2. The van der Waals surface area contributed by atoms with E-state index in [2.05, 4.69) is 10.2 Å². The van der Waals surface area contributed by atoms with Crippen LogP contribution in [0.1, 0.15) is 23.5 Å². The van der Waals surface area contributed by atoms with Crippen LogP contribution in [-0.4, -0.2) is 36.5 Å². The van der Waals surface area contributed by atoms with Crippen molar-refractivity contribution in [2.45, 2.75) is 24.6 Å². The van der Waals surface area contributed by atoms with Gasteiger partial charge in [0.25, 0.3) is 0 Å². The van der Waals surface area contributed by atoms with Crippen molar-refractivity contribution in [2.75, 3.05) is 25.0 Å². The van der Waals surface area contributed by atoms with E-state index in [0.717, 1.165) is 18.7 Å². The van der Waals surface area contributed by atoms with E-state index in [1.807, 2.05) is 30.3 Å². The second-order valence-corrected chi connectivity index (χ2v) is 6.82. The molecule has 0 radical (unpaired) electrons. The summed E-state index contributed by atoms with van der Waals surface area (Å²) in [4.78, 5) is 14.2. The summed E-state index contributed by atoms with van der Waals surface area (Å²) in [5.74, 6) is -0.0937. The molecule has 0 aromatic heterocycles. The van der Waals surface area contributed by atoms with Gasteiger partial charge in [0.1, 0.15) is 0 Å². The van der Waals surface area contributed by atoms with Gasteiger partial charge in [0.2, 0.25) is 5.91 Å². The van der Waals surface area contributed by atoms with E-state index in [-0.39, 0.29) is 42.4 Å². The molecule has 1 fully saturated rings. The number of amides is 1. The van der Waals surface area contributed by atoms with E-state index in [0.29, 0.717) is 13.1 Å². The van der Waals surface area contributed by atoms with Crippen molar-refractivity contribution in [1.82, 2.24) is 4.90 Å². The summed E-state index contributed by atoms with van der Waals surface area (Å²) in [7, 11) is 0. The largest absolute Gasteiger partial charge is 0.416 e. The molecule has 0 aliphatic carbocycles. The number of halogens is 4. The molecule has 2 aromatic rings. The highest BCUT2D eigenvalue weighted by molar-refractivity contribution is 5.90. The molecule has 3 N–H and O–H groups in total. The molecule has 0 saturated carbocycles. The molecule has 152 valence electrons. The van der Waals surface area contributed by atoms with Crippen LogP contribution in [0.5, 0.6) is 0 Å². The number of carbonyl (C=O) groups excluding carboxylic acids is 1. The standard InChI is InChI=1S/C20H22F3N3O.ClH/c21-20(22,23)15-7-4-8-16(11-15)25-19(27)9-10-26-12-17(18(24)13-26)14-5-2-1-3-6-14;/h1-8,11,17-18H,9-10,12-13,24H2,(H,25,27);1H/t17-,18+;/m0./s1. The first kappa shape index (κ1) is 22.2. The zero-order valence-corrected chi connectivity index (χ0v) is 16.0. The molecule has 0 bridgehead atoms. The maximum absolute atomic E-state index is 12.7. The lowest BCUT2D eigenvalue weighted by Crippen LogP contribution is -2.30. The van der Waals surface area contributed by atoms with Gasteiger partial charge in [-0.05, 0) is 23.8 Å². The number of carbonyl (C=O) groups is 1. The summed E-state index contributed by atoms with van der Waals surface area (Å²) in [6, 6.07) is 14.7. The minimum Gasteiger partial charge on any atom is -0.326 e. The van der Waals surface area contributed by atoms with E-state index < -0.39 is 11.7 Å². The zero-order chi connectivity index (χ0) is 19.4. The number of anilines is 1. The molecular weight excluding hydrogens is 391 g/mol. The number of nitrogens with two attached hydrogens (primary N) is 1. The van der Waals surface area contributed by atoms with Crippen LogP contribution < -0.4 is 11.1 Å². The third-order valence-electron chi connectivity index (χ3n) is 4.80. The van der Waals surface area contributed by atoms with Crippen LogP contribution >= 0.6 is 12.4 Å². The number of alkyl halides is 3. The average Bonchev–Trinajstić information content (AvgIpc) is 3.01. The molecule has 0 unspecified atom stereocenters. The maximum Gasteiger partial charge on any atom is 0.416 e. The highest BCUT2D eigenvalue weighted by atomic mass is 35.5. The minimum absolute atomic E-state index is 0. The van der Waals surface area contributed by atoms with Crippen LogP contribution in [0, 0.1) is 0 Å².